The zero-order valence-corrected chi connectivity index (χ0v) is 59.8. The molecule has 16 nitrogen and oxygen atoms in total. The average Bonchev–Trinajstić information content (AvgIpc) is 1.58. The van der Waals surface area contributed by atoms with Gasteiger partial charge in [0.25, 0.3) is 9.05 Å². The Labute approximate surface area is 558 Å². The second-order valence-electron chi connectivity index (χ2n) is 23.6. The van der Waals surface area contributed by atoms with Gasteiger partial charge in [-0.2, -0.15) is 0 Å². The molecule has 0 bridgehead atoms. The number of halogens is 12. The molecule has 6 heterocycles. The number of pyridine rings is 3. The lowest BCUT2D eigenvalue weighted by Gasteiger charge is -2.32. The molecule has 0 aliphatic carbocycles. The summed E-state index contributed by atoms with van der Waals surface area (Å²) in [6.07, 6.45) is 4.56. The monoisotopic (exact) mass is 1520 g/mol. The van der Waals surface area contributed by atoms with E-state index in [9.17, 15) is 51.6 Å². The predicted octanol–water partition coefficient (Wildman–Crippen LogP) is 14.2. The van der Waals surface area contributed by atoms with Gasteiger partial charge in [0.15, 0.2) is 24.8 Å². The van der Waals surface area contributed by atoms with E-state index in [-0.39, 0.29) is 43.8 Å². The van der Waals surface area contributed by atoms with Crippen molar-refractivity contribution in [2.45, 2.75) is 164 Å². The largest absolute Gasteiger partial charge is 0.496 e. The first-order valence-corrected chi connectivity index (χ1v) is 35.0. The maximum atomic E-state index is 14.0. The van der Waals surface area contributed by atoms with Crippen molar-refractivity contribution in [1.82, 2.24) is 15.0 Å². The molecule has 3 aliphatic rings. The Hall–Kier alpha value is -3.59. The molecule has 0 saturated carbocycles. The van der Waals surface area contributed by atoms with Gasteiger partial charge in [-0.3, -0.25) is 0 Å². The standard InChI is InChI=1S/C19H21BClF2NO4S.C13H9BrClF2NO2S.C12H24B2O4.C6H6BrClN2.C6H3ClF2O2S/c1-11-13(10-29(25,26)16-7-6-12(22)8-15(16)23)17(21)24-9-14(11)20-27-18(2,3)19(4,5)28-20;1-7-9(13(15)18-5-10(7)14)6-21(19,20)12-3-2-8(16)4-11(12)17;1-9(2)10(3,4)16-13(15-9)14-17-11(5,6)12(7,8)18-14;1-3-4(7)2-10-6(8)5(3)9;7-12(10,11)6-2-1-4(8)3-5(6)9/h6-9H,10H2,1-5H3;2-5H,6H2,1H3;1-8H3;2H,9H2,1H3;1-3H. The van der Waals surface area contributed by atoms with Crippen molar-refractivity contribution in [3.8, 4) is 0 Å². The summed E-state index contributed by atoms with van der Waals surface area (Å²) in [5, 5.41) is 0.372. The van der Waals surface area contributed by atoms with E-state index in [2.05, 4.69) is 46.8 Å². The maximum Gasteiger partial charge on any atom is 0.496 e. The fourth-order valence-electron chi connectivity index (χ4n) is 7.99. The normalized spacial score (nSPS) is 17.7. The highest BCUT2D eigenvalue weighted by Gasteiger charge is 2.64. The van der Waals surface area contributed by atoms with Gasteiger partial charge in [0.2, 0.25) is 0 Å². The van der Waals surface area contributed by atoms with Gasteiger partial charge in [-0.1, -0.05) is 34.8 Å². The number of hydrogen-bond acceptors (Lipinski definition) is 16. The molecule has 490 valence electrons. The van der Waals surface area contributed by atoms with E-state index in [1.54, 1.807) is 20.0 Å². The van der Waals surface area contributed by atoms with Gasteiger partial charge < -0.3 is 33.7 Å². The lowest BCUT2D eigenvalue weighted by atomic mass is 9.49. The second kappa shape index (κ2) is 28.8. The molecule has 3 saturated heterocycles. The highest BCUT2D eigenvalue weighted by atomic mass is 79.9. The van der Waals surface area contributed by atoms with Crippen LogP contribution in [0.4, 0.5) is 32.0 Å². The Morgan fingerprint density at radius 2 is 0.767 bits per heavy atom. The summed E-state index contributed by atoms with van der Waals surface area (Å²) in [5.41, 5.74) is 6.55. The Morgan fingerprint density at radius 3 is 1.10 bits per heavy atom. The van der Waals surface area contributed by atoms with E-state index in [4.69, 9.17) is 79.1 Å². The first-order valence-electron chi connectivity index (χ1n) is 26.7. The average molecular weight is 1530 g/mol. The number of benzene rings is 3. The van der Waals surface area contributed by atoms with E-state index in [1.165, 1.54) is 12.4 Å². The summed E-state index contributed by atoms with van der Waals surface area (Å²) in [6.45, 7) is 29.0. The summed E-state index contributed by atoms with van der Waals surface area (Å²) < 4.78 is 187. The number of sulfone groups is 2. The number of nitrogens with zero attached hydrogens (tertiary/aromatic N) is 3. The molecule has 6 aromatic rings. The number of hydrogen-bond donors (Lipinski definition) is 1. The number of nitrogens with two attached hydrogens (primary N) is 1. The Kier molecular flexibility index (Phi) is 24.7. The molecule has 0 radical (unpaired) electrons. The summed E-state index contributed by atoms with van der Waals surface area (Å²) in [7, 11) is -9.15. The second-order valence-corrected chi connectivity index (χ2v) is 32.8. The topological polar surface area (TPSA) is 222 Å². The van der Waals surface area contributed by atoms with Crippen LogP contribution in [-0.4, -0.2) is 94.9 Å². The molecule has 90 heavy (non-hydrogen) atoms. The minimum absolute atomic E-state index is 0.0196. The lowest BCUT2D eigenvalue weighted by molar-refractivity contribution is 0.00578. The first-order chi connectivity index (χ1) is 40.9. The van der Waals surface area contributed by atoms with Crippen LogP contribution in [0.25, 0.3) is 0 Å². The molecular formula is C56H63B3Br2Cl4F6N4O12S3. The number of rotatable bonds is 9. The van der Waals surface area contributed by atoms with Crippen LogP contribution in [-0.2, 0) is 68.2 Å². The van der Waals surface area contributed by atoms with Gasteiger partial charge in [0.1, 0.15) is 59.9 Å². The first kappa shape index (κ1) is 77.1. The molecule has 0 unspecified atom stereocenters. The Morgan fingerprint density at radius 1 is 0.467 bits per heavy atom. The van der Waals surface area contributed by atoms with Gasteiger partial charge in [-0.25, -0.2) is 66.5 Å². The summed E-state index contributed by atoms with van der Waals surface area (Å²) in [4.78, 5) is 9.88. The highest BCUT2D eigenvalue weighted by molar-refractivity contribution is 9.10. The summed E-state index contributed by atoms with van der Waals surface area (Å²) in [6, 6.07) is 6.68. The van der Waals surface area contributed by atoms with Gasteiger partial charge in [-0.05, 0) is 189 Å². The molecule has 3 fully saturated rings. The third-order valence-electron chi connectivity index (χ3n) is 15.6. The number of nitrogen functional groups attached to an aromatic ring is 1. The van der Waals surface area contributed by atoms with Crippen molar-refractivity contribution in [2.75, 3.05) is 5.73 Å². The summed E-state index contributed by atoms with van der Waals surface area (Å²) >= 11 is 24.2. The minimum Gasteiger partial charge on any atom is -0.405 e. The van der Waals surface area contributed by atoms with Crippen LogP contribution >= 0.6 is 77.3 Å². The molecule has 3 aliphatic heterocycles. The van der Waals surface area contributed by atoms with Crippen LogP contribution < -0.4 is 11.2 Å². The van der Waals surface area contributed by atoms with Crippen LogP contribution in [0.2, 0.25) is 15.5 Å². The highest BCUT2D eigenvalue weighted by Crippen LogP contribution is 2.43. The lowest BCUT2D eigenvalue weighted by Crippen LogP contribution is -2.41. The Bertz CT molecular complexity index is 3940. The van der Waals surface area contributed by atoms with Crippen LogP contribution in [0.1, 0.15) is 111 Å². The van der Waals surface area contributed by atoms with Crippen LogP contribution in [0, 0.1) is 55.7 Å². The van der Waals surface area contributed by atoms with E-state index < -0.39 is 122 Å². The van der Waals surface area contributed by atoms with Gasteiger partial charge in [0, 0.05) is 73.0 Å². The van der Waals surface area contributed by atoms with E-state index in [0.717, 1.165) is 46.4 Å². The molecule has 0 spiro atoms. The van der Waals surface area contributed by atoms with Crippen molar-refractivity contribution in [3.63, 3.8) is 0 Å². The maximum absolute atomic E-state index is 14.0. The molecule has 34 heteroatoms. The third kappa shape index (κ3) is 18.2. The van der Waals surface area contributed by atoms with E-state index in [0.29, 0.717) is 50.1 Å². The van der Waals surface area contributed by atoms with E-state index in [1.807, 2.05) is 90.0 Å². The van der Waals surface area contributed by atoms with E-state index >= 15 is 0 Å². The fourth-order valence-corrected chi connectivity index (χ4v) is 13.4. The molecule has 0 amide bonds. The quantitative estimate of drug-likeness (QED) is 0.0467. The molecule has 2 N–H and O–H groups in total. The number of anilines is 1. The third-order valence-corrected chi connectivity index (χ3v) is 22.9. The zero-order chi connectivity index (χ0) is 68.6. The smallest absolute Gasteiger partial charge is 0.405 e. The number of aromatic nitrogens is 3. The van der Waals surface area contributed by atoms with Crippen LogP contribution in [0.15, 0.2) is 96.8 Å². The Balaban J connectivity index is 0.000000215. The molecule has 3 aromatic carbocycles. The van der Waals surface area contributed by atoms with Gasteiger partial charge in [-0.15, -0.1) is 0 Å². The van der Waals surface area contributed by atoms with Crippen molar-refractivity contribution >= 4 is 138 Å². The van der Waals surface area contributed by atoms with Gasteiger partial charge >= 0.3 is 21.1 Å². The SMILES string of the molecule is CC1(C)OB(B2OC(C)(C)C(C)(C)O2)OC1(C)C.Cc1c(B2OC(C)(C)C(C)(C)O2)cnc(Cl)c1CS(=O)(=O)c1ccc(F)cc1F.Cc1c(Br)cnc(Cl)c1CS(=O)(=O)c1ccc(F)cc1F.Cc1c(Br)cnc(Cl)c1N.O=S(=O)(Cl)c1ccc(F)cc1F. The molecule has 0 atom stereocenters. The van der Waals surface area contributed by atoms with Gasteiger partial charge in [0.05, 0.1) is 50.8 Å². The van der Waals surface area contributed by atoms with Crippen molar-refractivity contribution < 1.29 is 79.5 Å². The van der Waals surface area contributed by atoms with Crippen LogP contribution in [0.5, 0.6) is 0 Å². The zero-order valence-electron chi connectivity index (χ0n) is 51.2. The predicted molar refractivity (Wildman–Crippen MR) is 344 cm³/mol. The fraction of sp³-hybridized carbons (Fsp3) is 0.411. The molecule has 3 aromatic heterocycles. The van der Waals surface area contributed by atoms with Crippen LogP contribution in [0.3, 0.4) is 0 Å². The van der Waals surface area contributed by atoms with Crippen molar-refractivity contribution in [3.05, 3.63) is 160 Å². The summed E-state index contributed by atoms with van der Waals surface area (Å²) in [5.74, 6) is -7.15. The van der Waals surface area contributed by atoms with Crippen molar-refractivity contribution in [2.24, 2.45) is 0 Å². The molecular weight excluding hydrogens is 1460 g/mol. The minimum atomic E-state index is -4.14. The van der Waals surface area contributed by atoms with Crippen molar-refractivity contribution in [1.29, 1.82) is 0 Å². The molecule has 9 rings (SSSR count).